The molecule has 6 N–H and O–H groups in total. The van der Waals surface area contributed by atoms with Crippen molar-refractivity contribution in [3.05, 3.63) is 119 Å². The number of ether oxygens (including phenoxy) is 4. The SMILES string of the molecule is C.C.C.C.CNCC(c1ccc(OC)cc1)C1(O)CCCCC1.COc1ccc(C(C#N)C2(O)CCCCC2)cc1.COc1ccc(C(CN)C2(O)CCCCC2)cc1.COc1ccc(CC#N)cc1.Cl. The van der Waals surface area contributed by atoms with E-state index in [0.29, 0.717) is 13.0 Å². The fourth-order valence-electron chi connectivity index (χ4n) is 9.77. The predicted molar refractivity (Wildman–Crippen MR) is 296 cm³/mol. The molecule has 398 valence electrons. The van der Waals surface area contributed by atoms with Gasteiger partial charge in [0.1, 0.15) is 23.0 Å². The number of benzene rings is 4. The van der Waals surface area contributed by atoms with Crippen LogP contribution in [0.3, 0.4) is 0 Å². The molecular formula is C59H93ClN4O7. The van der Waals surface area contributed by atoms with E-state index >= 15 is 0 Å². The van der Waals surface area contributed by atoms with Gasteiger partial charge in [-0.25, -0.2) is 0 Å². The second kappa shape index (κ2) is 35.3. The number of nitrogens with zero attached hydrogens (tertiary/aromatic N) is 2. The minimum absolute atomic E-state index is 0. The summed E-state index contributed by atoms with van der Waals surface area (Å²) < 4.78 is 20.4. The Morgan fingerprint density at radius 2 is 0.817 bits per heavy atom. The summed E-state index contributed by atoms with van der Waals surface area (Å²) in [4.78, 5) is 0. The van der Waals surface area contributed by atoms with Crippen molar-refractivity contribution < 1.29 is 34.3 Å². The van der Waals surface area contributed by atoms with Crippen molar-refractivity contribution in [2.45, 2.75) is 167 Å². The third kappa shape index (κ3) is 20.3. The second-order valence-electron chi connectivity index (χ2n) is 18.0. The smallest absolute Gasteiger partial charge is 0.118 e. The summed E-state index contributed by atoms with van der Waals surface area (Å²) in [5.74, 6) is 3.04. The van der Waals surface area contributed by atoms with E-state index in [9.17, 15) is 20.6 Å². The average Bonchev–Trinajstić information content (AvgIpc) is 3.35. The quantitative estimate of drug-likeness (QED) is 0.0810. The minimum Gasteiger partial charge on any atom is -0.497 e. The summed E-state index contributed by atoms with van der Waals surface area (Å²) in [6.07, 6.45) is 15.5. The number of aliphatic hydroxyl groups is 3. The van der Waals surface area contributed by atoms with E-state index in [0.717, 1.165) is 130 Å². The molecule has 4 aromatic carbocycles. The lowest BCUT2D eigenvalue weighted by molar-refractivity contribution is -0.0212. The van der Waals surface area contributed by atoms with E-state index < -0.39 is 22.7 Å². The molecule has 0 aromatic heterocycles. The van der Waals surface area contributed by atoms with Gasteiger partial charge in [-0.2, -0.15) is 10.5 Å². The van der Waals surface area contributed by atoms with Crippen molar-refractivity contribution in [2.24, 2.45) is 5.73 Å². The van der Waals surface area contributed by atoms with Crippen molar-refractivity contribution in [3.63, 3.8) is 0 Å². The lowest BCUT2D eigenvalue weighted by Crippen LogP contribution is -2.42. The zero-order valence-corrected chi connectivity index (χ0v) is 41.4. The van der Waals surface area contributed by atoms with Gasteiger partial charge in [0.05, 0.1) is 69.7 Å². The molecule has 0 heterocycles. The van der Waals surface area contributed by atoms with Gasteiger partial charge >= 0.3 is 0 Å². The van der Waals surface area contributed by atoms with Crippen LogP contribution >= 0.6 is 12.4 Å². The molecule has 71 heavy (non-hydrogen) atoms. The van der Waals surface area contributed by atoms with Crippen molar-refractivity contribution in [1.82, 2.24) is 5.32 Å². The van der Waals surface area contributed by atoms with Crippen molar-refractivity contribution in [1.29, 1.82) is 10.5 Å². The van der Waals surface area contributed by atoms with Gasteiger partial charge in [-0.05, 0) is 116 Å². The highest BCUT2D eigenvalue weighted by Crippen LogP contribution is 2.42. The molecule has 3 saturated carbocycles. The first kappa shape index (κ1) is 68.2. The number of halogens is 1. The van der Waals surface area contributed by atoms with Crippen LogP contribution in [0.15, 0.2) is 97.1 Å². The topological polar surface area (TPSA) is 183 Å². The van der Waals surface area contributed by atoms with Gasteiger partial charge < -0.3 is 45.3 Å². The molecule has 11 nitrogen and oxygen atoms in total. The van der Waals surface area contributed by atoms with Crippen LogP contribution in [0.2, 0.25) is 0 Å². The molecule has 3 aliphatic rings. The molecule has 12 heteroatoms. The third-order valence-corrected chi connectivity index (χ3v) is 13.7. The number of nitrogens with two attached hydrogens (primary N) is 1. The van der Waals surface area contributed by atoms with Gasteiger partial charge in [-0.3, -0.25) is 0 Å². The van der Waals surface area contributed by atoms with Crippen LogP contribution in [-0.4, -0.2) is 80.7 Å². The Morgan fingerprint density at radius 3 is 1.13 bits per heavy atom. The molecule has 3 fully saturated rings. The molecule has 0 bridgehead atoms. The summed E-state index contributed by atoms with van der Waals surface area (Å²) >= 11 is 0. The third-order valence-electron chi connectivity index (χ3n) is 13.7. The highest BCUT2D eigenvalue weighted by atomic mass is 35.5. The number of hydrogen-bond acceptors (Lipinski definition) is 11. The molecule has 7 rings (SSSR count). The van der Waals surface area contributed by atoms with Crippen LogP contribution in [0.4, 0.5) is 0 Å². The first-order valence-electron chi connectivity index (χ1n) is 23.8. The Morgan fingerprint density at radius 1 is 0.507 bits per heavy atom. The summed E-state index contributed by atoms with van der Waals surface area (Å²) in [5, 5.41) is 53.4. The summed E-state index contributed by atoms with van der Waals surface area (Å²) in [6.45, 7) is 1.30. The molecule has 0 aliphatic heterocycles. The number of rotatable bonds is 14. The van der Waals surface area contributed by atoms with Gasteiger partial charge in [0, 0.05) is 24.9 Å². The first-order valence-corrected chi connectivity index (χ1v) is 23.8. The molecule has 0 amide bonds. The van der Waals surface area contributed by atoms with Crippen LogP contribution in [0.5, 0.6) is 23.0 Å². The molecule has 0 radical (unpaired) electrons. The van der Waals surface area contributed by atoms with E-state index in [1.54, 1.807) is 28.4 Å². The van der Waals surface area contributed by atoms with E-state index in [2.05, 4.69) is 29.6 Å². The maximum Gasteiger partial charge on any atom is 0.118 e. The van der Waals surface area contributed by atoms with E-state index in [1.165, 1.54) is 18.4 Å². The molecule has 3 atom stereocenters. The van der Waals surface area contributed by atoms with Gasteiger partial charge in [-0.15, -0.1) is 12.4 Å². The maximum atomic E-state index is 11.0. The summed E-state index contributed by atoms with van der Waals surface area (Å²) in [7, 11) is 8.52. The Hall–Kier alpha value is -4.85. The Kier molecular flexibility index (Phi) is 33.9. The summed E-state index contributed by atoms with van der Waals surface area (Å²) in [5.41, 5.74) is 8.06. The van der Waals surface area contributed by atoms with Gasteiger partial charge in [0.25, 0.3) is 0 Å². The van der Waals surface area contributed by atoms with Crippen LogP contribution in [-0.2, 0) is 6.42 Å². The fourth-order valence-corrected chi connectivity index (χ4v) is 9.77. The molecular weight excluding hydrogens is 912 g/mol. The zero-order valence-electron chi connectivity index (χ0n) is 40.6. The molecule has 3 unspecified atom stereocenters. The first-order chi connectivity index (χ1) is 31.9. The lowest BCUT2D eigenvalue weighted by Gasteiger charge is -2.39. The van der Waals surface area contributed by atoms with Crippen molar-refractivity contribution >= 4 is 12.4 Å². The number of nitrogens with one attached hydrogen (secondary N) is 1. The van der Waals surface area contributed by atoms with Crippen LogP contribution in [0, 0.1) is 22.7 Å². The summed E-state index contributed by atoms with van der Waals surface area (Å²) in [6, 6.07) is 35.3. The average molecular weight is 1010 g/mol. The second-order valence-corrected chi connectivity index (χ2v) is 18.0. The normalized spacial score (nSPS) is 16.9. The molecule has 4 aromatic rings. The lowest BCUT2D eigenvalue weighted by atomic mass is 9.73. The maximum absolute atomic E-state index is 11.0. The van der Waals surface area contributed by atoms with Crippen LogP contribution in [0.25, 0.3) is 0 Å². The van der Waals surface area contributed by atoms with Crippen molar-refractivity contribution in [2.75, 3.05) is 48.6 Å². The van der Waals surface area contributed by atoms with Crippen molar-refractivity contribution in [3.8, 4) is 35.1 Å². The predicted octanol–water partition coefficient (Wildman–Crippen LogP) is 12.9. The monoisotopic (exact) mass is 1000 g/mol. The number of hydrogen-bond donors (Lipinski definition) is 5. The van der Waals surface area contributed by atoms with E-state index in [-0.39, 0.29) is 53.9 Å². The Bertz CT molecular complexity index is 2040. The van der Waals surface area contributed by atoms with Gasteiger partial charge in [0.2, 0.25) is 0 Å². The van der Waals surface area contributed by atoms with Crippen LogP contribution < -0.4 is 30.0 Å². The highest BCUT2D eigenvalue weighted by molar-refractivity contribution is 5.85. The Labute approximate surface area is 436 Å². The largest absolute Gasteiger partial charge is 0.497 e. The van der Waals surface area contributed by atoms with E-state index in [4.69, 9.17) is 29.9 Å². The number of nitriles is 2. The highest BCUT2D eigenvalue weighted by Gasteiger charge is 2.40. The number of methoxy groups -OCH3 is 4. The molecule has 3 aliphatic carbocycles. The minimum atomic E-state index is -0.860. The van der Waals surface area contributed by atoms with E-state index in [1.807, 2.05) is 92.0 Å². The Balaban J connectivity index is 0. The fraction of sp³-hybridized carbons (Fsp3) is 0.559. The number of likely N-dealkylation sites (N-methyl/N-ethyl adjacent to an activating group) is 1. The zero-order chi connectivity index (χ0) is 47.8. The van der Waals surface area contributed by atoms with Gasteiger partial charge in [0.15, 0.2) is 0 Å². The molecule has 0 saturated heterocycles. The molecule has 0 spiro atoms. The van der Waals surface area contributed by atoms with Crippen LogP contribution in [0.1, 0.15) is 166 Å². The van der Waals surface area contributed by atoms with Gasteiger partial charge in [-0.1, -0.05) is 136 Å². The standard InChI is InChI=1S/C16H25NO2.C15H23NO2.C15H19NO2.C9H9NO.4CH4.ClH/c1-17-12-15(16(18)10-4-3-5-11-16)13-6-8-14(19-2)9-7-13;2*1-18-13-7-5-12(6-8-13)14(11-16)15(17)9-3-2-4-10-15;1-11-9-4-2-8(3-5-9)6-7-10;;;;;/h6-9,15,17-18H,3-5,10-12H2,1-2H3;5-8,14,17H,2-4,9-11,16H2,1H3;5-8,14,17H,2-4,9-10H2,1H3;2-5H,6H2,1H3;4*1H4;1H.